The SMILES string of the molecule is Cc1cc(Br)cc(C)c1OCC(=O)N/N=C/c1ccccc1Cl. The second-order valence-corrected chi connectivity index (χ2v) is 6.29. The fourth-order valence-corrected chi connectivity index (χ4v) is 2.92. The maximum Gasteiger partial charge on any atom is 0.277 e. The molecule has 0 saturated heterocycles. The number of hydrogen-bond acceptors (Lipinski definition) is 3. The average Bonchev–Trinajstić information content (AvgIpc) is 2.48. The standard InChI is InChI=1S/C17H16BrClN2O2/c1-11-7-14(18)8-12(2)17(11)23-10-16(22)21-20-9-13-5-3-4-6-15(13)19/h3-9H,10H2,1-2H3,(H,21,22)/b20-9+. The zero-order chi connectivity index (χ0) is 16.8. The highest BCUT2D eigenvalue weighted by Gasteiger charge is 2.08. The van der Waals surface area contributed by atoms with E-state index >= 15 is 0 Å². The fourth-order valence-electron chi connectivity index (χ4n) is 2.05. The van der Waals surface area contributed by atoms with Gasteiger partial charge in [0, 0.05) is 15.1 Å². The maximum absolute atomic E-state index is 11.8. The van der Waals surface area contributed by atoms with Crippen LogP contribution in [0.25, 0.3) is 0 Å². The van der Waals surface area contributed by atoms with E-state index < -0.39 is 0 Å². The summed E-state index contributed by atoms with van der Waals surface area (Å²) in [4.78, 5) is 11.8. The number of carbonyl (C=O) groups is 1. The van der Waals surface area contributed by atoms with Crippen molar-refractivity contribution in [3.63, 3.8) is 0 Å². The van der Waals surface area contributed by atoms with E-state index in [0.717, 1.165) is 21.2 Å². The molecule has 23 heavy (non-hydrogen) atoms. The number of amides is 1. The Morgan fingerprint density at radius 1 is 1.30 bits per heavy atom. The summed E-state index contributed by atoms with van der Waals surface area (Å²) in [7, 11) is 0. The third-order valence-corrected chi connectivity index (χ3v) is 3.87. The van der Waals surface area contributed by atoms with Crippen LogP contribution < -0.4 is 10.2 Å². The van der Waals surface area contributed by atoms with E-state index in [-0.39, 0.29) is 12.5 Å². The number of nitrogens with one attached hydrogen (secondary N) is 1. The highest BCUT2D eigenvalue weighted by atomic mass is 79.9. The average molecular weight is 396 g/mol. The molecular formula is C17H16BrClN2O2. The number of rotatable bonds is 5. The molecule has 2 rings (SSSR count). The lowest BCUT2D eigenvalue weighted by molar-refractivity contribution is -0.123. The third kappa shape index (κ3) is 5.08. The second-order valence-electron chi connectivity index (χ2n) is 4.97. The van der Waals surface area contributed by atoms with Crippen molar-refractivity contribution in [3.05, 3.63) is 62.6 Å². The molecule has 0 atom stereocenters. The van der Waals surface area contributed by atoms with Crippen LogP contribution in [-0.2, 0) is 4.79 Å². The molecule has 0 heterocycles. The summed E-state index contributed by atoms with van der Waals surface area (Å²) < 4.78 is 6.56. The van der Waals surface area contributed by atoms with Gasteiger partial charge in [0.15, 0.2) is 6.61 Å². The van der Waals surface area contributed by atoms with Gasteiger partial charge < -0.3 is 4.74 Å². The fraction of sp³-hybridized carbons (Fsp3) is 0.176. The van der Waals surface area contributed by atoms with Gasteiger partial charge in [-0.2, -0.15) is 5.10 Å². The Bertz CT molecular complexity index is 724. The van der Waals surface area contributed by atoms with Crippen molar-refractivity contribution < 1.29 is 9.53 Å². The van der Waals surface area contributed by atoms with E-state index in [0.29, 0.717) is 10.8 Å². The Kier molecular flexibility index (Phi) is 6.19. The predicted molar refractivity (Wildman–Crippen MR) is 96.3 cm³/mol. The van der Waals surface area contributed by atoms with Crippen molar-refractivity contribution in [1.29, 1.82) is 0 Å². The second kappa shape index (κ2) is 8.13. The Balaban J connectivity index is 1.90. The largest absolute Gasteiger partial charge is 0.483 e. The molecule has 0 radical (unpaired) electrons. The van der Waals surface area contributed by atoms with E-state index in [1.165, 1.54) is 6.21 Å². The molecule has 1 amide bonds. The summed E-state index contributed by atoms with van der Waals surface area (Å²) in [5.74, 6) is 0.369. The zero-order valence-electron chi connectivity index (χ0n) is 12.8. The molecule has 0 aliphatic carbocycles. The Morgan fingerprint density at radius 2 is 1.96 bits per heavy atom. The molecular weight excluding hydrogens is 380 g/mol. The van der Waals surface area contributed by atoms with Crippen LogP contribution in [0.15, 0.2) is 46.0 Å². The van der Waals surface area contributed by atoms with Crippen LogP contribution in [0.2, 0.25) is 5.02 Å². The summed E-state index contributed by atoms with van der Waals surface area (Å²) in [6.45, 7) is 3.75. The van der Waals surface area contributed by atoms with Crippen molar-refractivity contribution in [3.8, 4) is 5.75 Å². The molecule has 6 heteroatoms. The van der Waals surface area contributed by atoms with E-state index in [4.69, 9.17) is 16.3 Å². The van der Waals surface area contributed by atoms with Crippen LogP contribution in [-0.4, -0.2) is 18.7 Å². The lowest BCUT2D eigenvalue weighted by Gasteiger charge is -2.11. The lowest BCUT2D eigenvalue weighted by atomic mass is 10.1. The number of carbonyl (C=O) groups excluding carboxylic acids is 1. The number of hydrazone groups is 1. The van der Waals surface area contributed by atoms with Crippen LogP contribution >= 0.6 is 27.5 Å². The molecule has 0 aliphatic rings. The summed E-state index contributed by atoms with van der Waals surface area (Å²) in [6.07, 6.45) is 1.50. The molecule has 0 saturated carbocycles. The number of ether oxygens (including phenoxy) is 1. The van der Waals surface area contributed by atoms with Gasteiger partial charge in [0.25, 0.3) is 5.91 Å². The zero-order valence-corrected chi connectivity index (χ0v) is 15.1. The van der Waals surface area contributed by atoms with E-state index in [2.05, 4.69) is 26.5 Å². The number of benzene rings is 2. The monoisotopic (exact) mass is 394 g/mol. The van der Waals surface area contributed by atoms with Gasteiger partial charge in [-0.25, -0.2) is 5.43 Å². The molecule has 0 spiro atoms. The molecule has 2 aromatic rings. The van der Waals surface area contributed by atoms with Crippen LogP contribution in [0.3, 0.4) is 0 Å². The van der Waals surface area contributed by atoms with Crippen LogP contribution in [0.1, 0.15) is 16.7 Å². The van der Waals surface area contributed by atoms with E-state index in [1.807, 2.05) is 44.2 Å². The Hall–Kier alpha value is -1.85. The molecule has 0 aliphatic heterocycles. The number of halogens is 2. The van der Waals surface area contributed by atoms with Gasteiger partial charge in [-0.05, 0) is 43.2 Å². The van der Waals surface area contributed by atoms with Gasteiger partial charge >= 0.3 is 0 Å². The highest BCUT2D eigenvalue weighted by molar-refractivity contribution is 9.10. The minimum atomic E-state index is -0.338. The van der Waals surface area contributed by atoms with Gasteiger partial charge in [0.1, 0.15) is 5.75 Å². The molecule has 4 nitrogen and oxygen atoms in total. The smallest absolute Gasteiger partial charge is 0.277 e. The third-order valence-electron chi connectivity index (χ3n) is 3.07. The van der Waals surface area contributed by atoms with E-state index in [1.54, 1.807) is 6.07 Å². The van der Waals surface area contributed by atoms with E-state index in [9.17, 15) is 4.79 Å². The first-order valence-electron chi connectivity index (χ1n) is 6.93. The summed E-state index contributed by atoms with van der Waals surface area (Å²) >= 11 is 9.42. The van der Waals surface area contributed by atoms with Crippen LogP contribution in [0.4, 0.5) is 0 Å². The first-order valence-corrected chi connectivity index (χ1v) is 8.10. The van der Waals surface area contributed by atoms with Gasteiger partial charge in [-0.1, -0.05) is 45.7 Å². The minimum Gasteiger partial charge on any atom is -0.483 e. The van der Waals surface area contributed by atoms with Crippen molar-refractivity contribution in [2.45, 2.75) is 13.8 Å². The molecule has 0 fully saturated rings. The summed E-state index contributed by atoms with van der Waals surface area (Å²) in [5, 5.41) is 4.45. The Labute approximate surface area is 148 Å². The molecule has 1 N–H and O–H groups in total. The quantitative estimate of drug-likeness (QED) is 0.608. The van der Waals surface area contributed by atoms with Crippen molar-refractivity contribution in [1.82, 2.24) is 5.43 Å². The lowest BCUT2D eigenvalue weighted by Crippen LogP contribution is -2.25. The predicted octanol–water partition coefficient (Wildman–Crippen LogP) is 4.25. The summed E-state index contributed by atoms with van der Waals surface area (Å²) in [5.41, 5.74) is 5.07. The topological polar surface area (TPSA) is 50.7 Å². The Morgan fingerprint density at radius 3 is 2.61 bits per heavy atom. The first-order chi connectivity index (χ1) is 11.0. The number of hydrogen-bond donors (Lipinski definition) is 1. The van der Waals surface area contributed by atoms with Gasteiger partial charge in [0.05, 0.1) is 6.21 Å². The molecule has 0 bridgehead atoms. The minimum absolute atomic E-state index is 0.108. The molecule has 120 valence electrons. The van der Waals surface area contributed by atoms with Gasteiger partial charge in [-0.3, -0.25) is 4.79 Å². The molecule has 0 aromatic heterocycles. The van der Waals surface area contributed by atoms with Crippen molar-refractivity contribution >= 4 is 39.7 Å². The first kappa shape index (κ1) is 17.5. The molecule has 0 unspecified atom stereocenters. The van der Waals surface area contributed by atoms with Crippen LogP contribution in [0, 0.1) is 13.8 Å². The van der Waals surface area contributed by atoms with Crippen molar-refractivity contribution in [2.75, 3.05) is 6.61 Å². The van der Waals surface area contributed by atoms with Crippen molar-refractivity contribution in [2.24, 2.45) is 5.10 Å². The van der Waals surface area contributed by atoms with Crippen LogP contribution in [0.5, 0.6) is 5.75 Å². The number of nitrogens with zero attached hydrogens (tertiary/aromatic N) is 1. The molecule has 2 aromatic carbocycles. The summed E-state index contributed by atoms with van der Waals surface area (Å²) in [6, 6.07) is 11.1. The number of aryl methyl sites for hydroxylation is 2. The van der Waals surface area contributed by atoms with Gasteiger partial charge in [-0.15, -0.1) is 0 Å². The normalized spacial score (nSPS) is 10.8. The highest BCUT2D eigenvalue weighted by Crippen LogP contribution is 2.27. The maximum atomic E-state index is 11.8. The van der Waals surface area contributed by atoms with Gasteiger partial charge in [0.2, 0.25) is 0 Å².